The quantitative estimate of drug-likeness (QED) is 0.765. The fourth-order valence-electron chi connectivity index (χ4n) is 2.96. The average molecular weight is 422 g/mol. The Kier molecular flexibility index (Phi) is 5.95. The van der Waals surface area contributed by atoms with Crippen LogP contribution in [0.4, 0.5) is 18.9 Å². The predicted molar refractivity (Wildman–Crippen MR) is 99.0 cm³/mol. The van der Waals surface area contributed by atoms with E-state index in [2.05, 4.69) is 5.32 Å². The van der Waals surface area contributed by atoms with Crippen molar-refractivity contribution in [3.8, 4) is 5.75 Å². The van der Waals surface area contributed by atoms with Crippen LogP contribution in [0.3, 0.4) is 0 Å². The Hall–Kier alpha value is -3.56. The molecule has 0 aliphatic carbocycles. The number of anilines is 1. The van der Waals surface area contributed by atoms with Crippen molar-refractivity contribution in [3.05, 3.63) is 59.7 Å². The lowest BCUT2D eigenvalue weighted by Gasteiger charge is -2.33. The van der Waals surface area contributed by atoms with Gasteiger partial charge >= 0.3 is 12.1 Å². The Balaban J connectivity index is 1.76. The molecule has 0 fully saturated rings. The van der Waals surface area contributed by atoms with Gasteiger partial charge in [-0.1, -0.05) is 24.3 Å². The van der Waals surface area contributed by atoms with Gasteiger partial charge < -0.3 is 19.7 Å². The second kappa shape index (κ2) is 8.44. The zero-order chi connectivity index (χ0) is 21.9. The zero-order valence-corrected chi connectivity index (χ0v) is 15.7. The highest BCUT2D eigenvalue weighted by molar-refractivity contribution is 6.00. The maximum atomic E-state index is 13.1. The van der Waals surface area contributed by atoms with Gasteiger partial charge in [-0.3, -0.25) is 9.59 Å². The average Bonchev–Trinajstić information content (AvgIpc) is 2.75. The third-order valence-corrected chi connectivity index (χ3v) is 4.39. The van der Waals surface area contributed by atoms with E-state index in [0.717, 1.165) is 18.2 Å². The Morgan fingerprint density at radius 1 is 1.13 bits per heavy atom. The smallest absolute Gasteiger partial charge is 0.417 e. The lowest BCUT2D eigenvalue weighted by molar-refractivity contribution is -0.138. The molecule has 0 saturated heterocycles. The summed E-state index contributed by atoms with van der Waals surface area (Å²) in [6.07, 6.45) is -5.74. The number of esters is 1. The highest BCUT2D eigenvalue weighted by atomic mass is 19.4. The SMILES string of the molecule is CNC(=O)C1CN(C(=O)COC(=O)c2ccccc2C(F)(F)F)c2ccccc2O1. The Bertz CT molecular complexity index is 977. The second-order valence-electron chi connectivity index (χ2n) is 6.31. The number of rotatable bonds is 4. The van der Waals surface area contributed by atoms with Crippen molar-refractivity contribution in [2.45, 2.75) is 12.3 Å². The van der Waals surface area contributed by atoms with Gasteiger partial charge in [-0.05, 0) is 24.3 Å². The van der Waals surface area contributed by atoms with E-state index in [1.54, 1.807) is 24.3 Å². The third-order valence-electron chi connectivity index (χ3n) is 4.39. The number of hydrogen-bond donors (Lipinski definition) is 1. The molecule has 0 saturated carbocycles. The number of carbonyl (C=O) groups excluding carboxylic acids is 3. The van der Waals surface area contributed by atoms with Gasteiger partial charge in [0.1, 0.15) is 5.75 Å². The van der Waals surface area contributed by atoms with Crippen LogP contribution in [-0.4, -0.2) is 44.1 Å². The third kappa shape index (κ3) is 4.37. The minimum atomic E-state index is -4.75. The second-order valence-corrected chi connectivity index (χ2v) is 6.31. The molecule has 1 heterocycles. The molecular formula is C20H17F3N2O5. The first-order valence-electron chi connectivity index (χ1n) is 8.83. The van der Waals surface area contributed by atoms with E-state index >= 15 is 0 Å². The summed E-state index contributed by atoms with van der Waals surface area (Å²) in [6.45, 7) is -0.952. The molecule has 2 aromatic rings. The minimum Gasteiger partial charge on any atom is -0.477 e. The van der Waals surface area contributed by atoms with Crippen molar-refractivity contribution in [1.29, 1.82) is 0 Å². The van der Waals surface area contributed by atoms with Crippen molar-refractivity contribution in [2.24, 2.45) is 0 Å². The molecule has 1 aliphatic heterocycles. The molecular weight excluding hydrogens is 405 g/mol. The zero-order valence-electron chi connectivity index (χ0n) is 15.7. The molecule has 0 spiro atoms. The van der Waals surface area contributed by atoms with Gasteiger partial charge in [0, 0.05) is 7.05 Å². The van der Waals surface area contributed by atoms with Crippen LogP contribution in [0.1, 0.15) is 15.9 Å². The number of alkyl halides is 3. The number of benzene rings is 2. The number of amides is 2. The molecule has 0 bridgehead atoms. The van der Waals surface area contributed by atoms with E-state index in [1.807, 2.05) is 0 Å². The number of halogens is 3. The molecule has 1 atom stereocenters. The molecule has 2 aromatic carbocycles. The molecule has 30 heavy (non-hydrogen) atoms. The summed E-state index contributed by atoms with van der Waals surface area (Å²) < 4.78 is 49.7. The summed E-state index contributed by atoms with van der Waals surface area (Å²) in [6, 6.07) is 10.6. The monoisotopic (exact) mass is 422 g/mol. The van der Waals surface area contributed by atoms with Gasteiger partial charge in [-0.15, -0.1) is 0 Å². The van der Waals surface area contributed by atoms with Gasteiger partial charge in [0.05, 0.1) is 23.4 Å². The van der Waals surface area contributed by atoms with Crippen LogP contribution in [0.15, 0.2) is 48.5 Å². The van der Waals surface area contributed by atoms with Crippen molar-refractivity contribution < 1.29 is 37.0 Å². The van der Waals surface area contributed by atoms with E-state index in [4.69, 9.17) is 9.47 Å². The Morgan fingerprint density at radius 3 is 2.50 bits per heavy atom. The molecule has 10 heteroatoms. The van der Waals surface area contributed by atoms with Gasteiger partial charge in [0.25, 0.3) is 11.8 Å². The van der Waals surface area contributed by atoms with E-state index < -0.39 is 47.8 Å². The van der Waals surface area contributed by atoms with Crippen molar-refractivity contribution in [2.75, 3.05) is 25.1 Å². The molecule has 7 nitrogen and oxygen atoms in total. The number of nitrogens with one attached hydrogen (secondary N) is 1. The van der Waals surface area contributed by atoms with Crippen LogP contribution in [0, 0.1) is 0 Å². The molecule has 3 rings (SSSR count). The number of hydrogen-bond acceptors (Lipinski definition) is 5. The lowest BCUT2D eigenvalue weighted by atomic mass is 10.1. The Labute approximate surface area is 169 Å². The molecule has 1 unspecified atom stereocenters. The maximum absolute atomic E-state index is 13.1. The standard InChI is InChI=1S/C20H17F3N2O5/c1-24-18(27)16-10-25(14-8-4-5-9-15(14)30-16)17(26)11-29-19(28)12-6-2-3-7-13(12)20(21,22)23/h2-9,16H,10-11H2,1H3,(H,24,27). The molecule has 158 valence electrons. The van der Waals surface area contributed by atoms with Crippen LogP contribution in [0.25, 0.3) is 0 Å². The fourth-order valence-corrected chi connectivity index (χ4v) is 2.96. The van der Waals surface area contributed by atoms with Gasteiger partial charge in [-0.2, -0.15) is 13.2 Å². The number of para-hydroxylation sites is 2. The summed E-state index contributed by atoms with van der Waals surface area (Å²) >= 11 is 0. The Morgan fingerprint density at radius 2 is 1.80 bits per heavy atom. The summed E-state index contributed by atoms with van der Waals surface area (Å²) in [4.78, 5) is 38.0. The fraction of sp³-hybridized carbons (Fsp3) is 0.250. The number of likely N-dealkylation sites (N-methyl/N-ethyl adjacent to an activating group) is 1. The minimum absolute atomic E-state index is 0.147. The highest BCUT2D eigenvalue weighted by Gasteiger charge is 2.36. The van der Waals surface area contributed by atoms with Crippen molar-refractivity contribution >= 4 is 23.5 Å². The van der Waals surface area contributed by atoms with Gasteiger partial charge in [0.15, 0.2) is 12.7 Å². The summed E-state index contributed by atoms with van der Waals surface area (Å²) in [5.41, 5.74) is -1.49. The number of nitrogens with zero attached hydrogens (tertiary/aromatic N) is 1. The lowest BCUT2D eigenvalue weighted by Crippen LogP contribution is -2.51. The first-order valence-corrected chi connectivity index (χ1v) is 8.83. The topological polar surface area (TPSA) is 84.9 Å². The number of carbonyl (C=O) groups is 3. The van der Waals surface area contributed by atoms with E-state index in [0.29, 0.717) is 5.69 Å². The van der Waals surface area contributed by atoms with E-state index in [9.17, 15) is 27.6 Å². The molecule has 0 aromatic heterocycles. The van der Waals surface area contributed by atoms with Crippen molar-refractivity contribution in [3.63, 3.8) is 0 Å². The number of ether oxygens (including phenoxy) is 2. The van der Waals surface area contributed by atoms with Crippen LogP contribution in [0.2, 0.25) is 0 Å². The first-order chi connectivity index (χ1) is 14.2. The van der Waals surface area contributed by atoms with Crippen LogP contribution < -0.4 is 15.0 Å². The van der Waals surface area contributed by atoms with Gasteiger partial charge in [-0.25, -0.2) is 4.79 Å². The largest absolute Gasteiger partial charge is 0.477 e. The summed E-state index contributed by atoms with van der Waals surface area (Å²) in [7, 11) is 1.41. The normalized spacial score (nSPS) is 15.6. The van der Waals surface area contributed by atoms with Crippen molar-refractivity contribution in [1.82, 2.24) is 5.32 Å². The van der Waals surface area contributed by atoms with Crippen LogP contribution in [0.5, 0.6) is 5.75 Å². The molecule has 0 radical (unpaired) electrons. The van der Waals surface area contributed by atoms with Crippen LogP contribution in [-0.2, 0) is 20.5 Å². The molecule has 2 amide bonds. The number of fused-ring (bicyclic) bond motifs is 1. The van der Waals surface area contributed by atoms with Gasteiger partial charge in [0.2, 0.25) is 0 Å². The predicted octanol–water partition coefficient (Wildman–Crippen LogP) is 2.40. The summed E-state index contributed by atoms with van der Waals surface area (Å²) in [5, 5.41) is 2.42. The highest BCUT2D eigenvalue weighted by Crippen LogP contribution is 2.34. The molecule has 1 N–H and O–H groups in total. The maximum Gasteiger partial charge on any atom is 0.417 e. The van der Waals surface area contributed by atoms with E-state index in [-0.39, 0.29) is 12.3 Å². The molecule has 1 aliphatic rings. The summed E-state index contributed by atoms with van der Waals surface area (Å²) in [5.74, 6) is -2.17. The first kappa shape index (κ1) is 21.2. The van der Waals surface area contributed by atoms with E-state index in [1.165, 1.54) is 18.0 Å². The van der Waals surface area contributed by atoms with Crippen LogP contribution >= 0.6 is 0 Å².